The number of sulfone groups is 1. The summed E-state index contributed by atoms with van der Waals surface area (Å²) in [7, 11) is -14.8. The fourth-order valence-electron chi connectivity index (χ4n) is 15.4. The number of rotatable bonds is 7. The number of aliphatic hydroxyl groups is 19. The topological polar surface area (TPSA) is 634 Å². The van der Waals surface area contributed by atoms with E-state index >= 15 is 0 Å². The van der Waals surface area contributed by atoms with Gasteiger partial charge in [0.1, 0.15) is 159 Å². The maximum atomic E-state index is 14.7. The fraction of sp³-hybridized carbons (Fsp3) is 0.647. The molecular weight excluding hydrogens is 1570 g/mol. The van der Waals surface area contributed by atoms with E-state index < -0.39 is 301 Å². The highest BCUT2D eigenvalue weighted by molar-refractivity contribution is 7.92. The summed E-state index contributed by atoms with van der Waals surface area (Å²) in [5.41, 5.74) is 2.39. The molecule has 112 heavy (non-hydrogen) atoms. The first-order valence-corrected chi connectivity index (χ1v) is 39.8. The van der Waals surface area contributed by atoms with Crippen molar-refractivity contribution < 1.29 is 197 Å². The molecule has 15 fully saturated rings. The van der Waals surface area contributed by atoms with Gasteiger partial charge in [-0.2, -0.15) is 16.8 Å². The van der Waals surface area contributed by atoms with Gasteiger partial charge in [0.05, 0.1) is 65.8 Å². The van der Waals surface area contributed by atoms with Gasteiger partial charge in [0, 0.05) is 11.1 Å². The molecule has 21 aliphatic rings. The Morgan fingerprint density at radius 2 is 0.464 bits per heavy atom. The lowest BCUT2D eigenvalue weighted by Crippen LogP contribution is -2.68. The van der Waals surface area contributed by atoms with Gasteiger partial charge in [0.15, 0.2) is 56.2 Å². The Morgan fingerprint density at radius 3 is 0.705 bits per heavy atom. The van der Waals surface area contributed by atoms with Crippen molar-refractivity contribution in [3.05, 3.63) is 107 Å². The van der Waals surface area contributed by atoms with Crippen molar-refractivity contribution in [2.75, 3.05) is 46.2 Å². The van der Waals surface area contributed by atoms with Gasteiger partial charge in [-0.3, -0.25) is 8.37 Å². The van der Waals surface area contributed by atoms with Crippen LogP contribution in [0.5, 0.6) is 0 Å². The van der Waals surface area contributed by atoms with Crippen LogP contribution in [0.15, 0.2) is 105 Å². The fourth-order valence-corrected chi connectivity index (χ4v) is 19.3. The number of aliphatic hydroxyl groups excluding tert-OH is 19. The van der Waals surface area contributed by atoms with Crippen molar-refractivity contribution in [2.24, 2.45) is 0 Å². The average Bonchev–Trinajstić information content (AvgIpc) is 1.62. The lowest BCUT2D eigenvalue weighted by atomic mass is 9.95. The summed E-state index contributed by atoms with van der Waals surface area (Å²) in [6, 6.07) is 19.0. The normalized spacial score (nSPS) is 44.2. The number of benzene rings is 4. The monoisotopic (exact) mass is 1650 g/mol. The second-order valence-corrected chi connectivity index (χ2v) is 33.5. The van der Waals surface area contributed by atoms with Crippen LogP contribution in [-0.4, -0.2) is 383 Å². The molecule has 4 aromatic carbocycles. The molecule has 0 aromatic heterocycles. The number of hydrogen-bond donors (Lipinski definition) is 19. The predicted molar refractivity (Wildman–Crippen MR) is 356 cm³/mol. The zero-order chi connectivity index (χ0) is 80.1. The number of ether oxygens (including phenoxy) is 14. The highest BCUT2D eigenvalue weighted by Crippen LogP contribution is 2.46. The van der Waals surface area contributed by atoms with E-state index in [-0.39, 0.29) is 22.6 Å². The van der Waals surface area contributed by atoms with Gasteiger partial charge in [-0.05, 0) is 71.5 Å². The Bertz CT molecular complexity index is 4160. The third-order valence-corrected chi connectivity index (χ3v) is 25.9. The Labute approximate surface area is 636 Å². The van der Waals surface area contributed by atoms with E-state index in [4.69, 9.17) is 74.7 Å². The van der Waals surface area contributed by atoms with E-state index in [2.05, 4.69) is 0 Å². The first-order valence-electron chi connectivity index (χ1n) is 35.5. The van der Waals surface area contributed by atoms with Crippen LogP contribution >= 0.6 is 0 Å². The number of fused-ring (bicyclic) bond motifs is 8. The Balaban J connectivity index is 0.875. The molecule has 21 heterocycles. The molecular formula is C68H86O41S3. The largest absolute Gasteiger partial charge is 0.394 e. The molecule has 0 radical (unpaired) electrons. The van der Waals surface area contributed by atoms with Gasteiger partial charge in [0.25, 0.3) is 20.2 Å². The molecule has 0 saturated carbocycles. The molecule has 21 aliphatic heterocycles. The minimum absolute atomic E-state index is 0.00118. The number of hydrogen-bond acceptors (Lipinski definition) is 41. The first-order chi connectivity index (χ1) is 53.3. The average molecular weight is 1660 g/mol. The summed E-state index contributed by atoms with van der Waals surface area (Å²) in [5.74, 6) is 0. The molecule has 0 aliphatic carbocycles. The van der Waals surface area contributed by atoms with Crippen molar-refractivity contribution in [3.8, 4) is 11.1 Å². The molecule has 0 unspecified atom stereocenters. The van der Waals surface area contributed by atoms with E-state index in [0.29, 0.717) is 33.4 Å². The molecule has 35 atom stereocenters. The smallest absolute Gasteiger partial charge is 0.297 e. The second-order valence-electron chi connectivity index (χ2n) is 28.5. The molecule has 622 valence electrons. The summed E-state index contributed by atoms with van der Waals surface area (Å²) in [6.45, 7) is -8.45. The van der Waals surface area contributed by atoms with Crippen molar-refractivity contribution in [3.63, 3.8) is 0 Å². The van der Waals surface area contributed by atoms with Crippen LogP contribution in [-0.2, 0) is 118 Å². The van der Waals surface area contributed by atoms with Crippen LogP contribution in [0.3, 0.4) is 0 Å². The molecule has 25 rings (SSSR count). The third kappa shape index (κ3) is 15.8. The van der Waals surface area contributed by atoms with Crippen molar-refractivity contribution >= 4 is 30.1 Å². The third-order valence-electron chi connectivity index (χ3n) is 21.4. The summed E-state index contributed by atoms with van der Waals surface area (Å²) >= 11 is 0. The quantitative estimate of drug-likeness (QED) is 0.0673. The van der Waals surface area contributed by atoms with Crippen LogP contribution in [0.1, 0.15) is 22.3 Å². The molecule has 15 saturated heterocycles. The summed E-state index contributed by atoms with van der Waals surface area (Å²) in [6.07, 6.45) is -78.5. The highest BCUT2D eigenvalue weighted by atomic mass is 32.2. The SMILES string of the molecule is O=S1(=O)O[C@H]2[C@H]3O[C@H]4[C@@H](O)[C@@H](O)[C@@H](O[C@H]5[C@H](O)[C@@H](O)[C@@H](O[C@H]6[C@@H](O)[C@@H](OS(=O)(=O)c7ccc(cc7)Cc7ccc8c(c7)S(=O)(=O)c7cc(ccc7-8)Cc7ccc1cc7)[C@@H](O[C@H]1[C@H](O)[C@@H](O)[C@@H](O[C@H]7[C@H](O)[C@@H](O)[C@@H](O[C@H]8[C@H](O)[C@@H](O)[C@@H](O[C@@H]([C@@H]2O)[C@@H](CO)O3)O[C@@H]8CO)O[C@@H]7CO)O[C@@H]1CO)O[C@@H]6CO)O[C@H]5CO)O[C@@H]4CO. The van der Waals surface area contributed by atoms with Gasteiger partial charge in [-0.15, -0.1) is 0 Å². The van der Waals surface area contributed by atoms with Crippen LogP contribution in [0.2, 0.25) is 0 Å². The van der Waals surface area contributed by atoms with Crippen molar-refractivity contribution in [1.29, 1.82) is 0 Å². The molecule has 19 N–H and O–H groups in total. The van der Waals surface area contributed by atoms with Crippen LogP contribution in [0, 0.1) is 0 Å². The minimum atomic E-state index is -5.27. The zero-order valence-corrected chi connectivity index (χ0v) is 60.8. The molecule has 0 amide bonds. The Hall–Kier alpha value is -4.67. The van der Waals surface area contributed by atoms with Gasteiger partial charge in [-0.1, -0.05) is 48.5 Å². The standard InChI is InChI=1S/C68H86O41S3/c69-17-32-53-41(76)46(81)62(94-32)101-54-33(18-70)95-65(47(82)42(54)77)104-58-37(22-74)99-68-60(51(58)86)108-111(90,91)28-7-1-24(2-8-28)13-26-5-11-30-31-12-6-27(16-40(31)110(88,89)39(30)15-26)14-25-3-9-29(10-4-25)112(92,93)109-61-52(87)59(38(23-75)100-67(61)106-56-35(20-72)97-63(102-53)49(84)44(56)79)105-66-48(83)43(78)55(34(19-71)96-66)103-64-50(85)45(80)57(107-68)36(21-73)98-64/h1-12,15-16,32-38,41-87H,13-14,17-23H2/t32-,33-,34+,35-,36-,37-,38-,41-,42-,43-,44-,45+,46-,47-,48-,49-,50-,51+,52-,53-,54-,55-,56-,57-,58-,59-,60-,61-,62-,63-,64-,65-,66-,67-,68-/m1/s1. The van der Waals surface area contributed by atoms with Crippen LogP contribution in [0.25, 0.3) is 11.1 Å². The van der Waals surface area contributed by atoms with Crippen LogP contribution in [0.4, 0.5) is 0 Å². The Kier molecular flexibility index (Phi) is 25.2. The zero-order valence-electron chi connectivity index (χ0n) is 58.4. The first kappa shape index (κ1) is 83.8. The van der Waals surface area contributed by atoms with E-state index in [1.165, 1.54) is 36.4 Å². The maximum absolute atomic E-state index is 14.7. The van der Waals surface area contributed by atoms with E-state index in [0.717, 1.165) is 24.3 Å². The summed E-state index contributed by atoms with van der Waals surface area (Å²) in [4.78, 5) is -1.40. The van der Waals surface area contributed by atoms with E-state index in [9.17, 15) is 122 Å². The van der Waals surface area contributed by atoms with Crippen molar-refractivity contribution in [2.45, 2.75) is 247 Å². The van der Waals surface area contributed by atoms with Gasteiger partial charge in [-0.25, -0.2) is 8.42 Å². The predicted octanol–water partition coefficient (Wildman–Crippen LogP) is -10.1. The minimum Gasteiger partial charge on any atom is -0.394 e. The molecule has 0 spiro atoms. The van der Waals surface area contributed by atoms with Gasteiger partial charge < -0.3 is 163 Å². The van der Waals surface area contributed by atoms with Gasteiger partial charge in [0.2, 0.25) is 9.84 Å². The van der Waals surface area contributed by atoms with Gasteiger partial charge >= 0.3 is 0 Å². The van der Waals surface area contributed by atoms with Crippen molar-refractivity contribution in [1.82, 2.24) is 0 Å². The lowest BCUT2D eigenvalue weighted by molar-refractivity contribution is -0.395. The van der Waals surface area contributed by atoms with E-state index in [1.54, 1.807) is 24.3 Å². The lowest BCUT2D eigenvalue weighted by Gasteiger charge is -2.50. The van der Waals surface area contributed by atoms with Crippen LogP contribution < -0.4 is 0 Å². The second kappa shape index (κ2) is 33.6. The summed E-state index contributed by atoms with van der Waals surface area (Å²) < 4.78 is 182. The maximum Gasteiger partial charge on any atom is 0.297 e. The highest BCUT2D eigenvalue weighted by Gasteiger charge is 2.61. The molecule has 24 bridgehead atoms. The van der Waals surface area contributed by atoms with E-state index in [1.807, 2.05) is 0 Å². The molecule has 44 heteroatoms. The molecule has 41 nitrogen and oxygen atoms in total. The molecule has 4 aromatic rings. The summed E-state index contributed by atoms with van der Waals surface area (Å²) in [5, 5.41) is 219. The Morgan fingerprint density at radius 1 is 0.250 bits per heavy atom.